The van der Waals surface area contributed by atoms with E-state index in [4.69, 9.17) is 11.6 Å². The van der Waals surface area contributed by atoms with Crippen molar-refractivity contribution in [2.45, 2.75) is 30.6 Å². The quantitative estimate of drug-likeness (QED) is 0.849. The van der Waals surface area contributed by atoms with E-state index >= 15 is 0 Å². The Morgan fingerprint density at radius 3 is 2.15 bits per heavy atom. The van der Waals surface area contributed by atoms with Crippen molar-refractivity contribution in [3.63, 3.8) is 0 Å². The lowest BCUT2D eigenvalue weighted by Gasteiger charge is -2.20. The van der Waals surface area contributed by atoms with Crippen LogP contribution in [-0.4, -0.2) is 32.3 Å². The number of benzene rings is 2. The van der Waals surface area contributed by atoms with Crippen LogP contribution in [0.15, 0.2) is 53.4 Å². The third-order valence-corrected chi connectivity index (χ3v) is 6.13. The monoisotopic (exact) mass is 392 g/mol. The highest BCUT2D eigenvalue weighted by molar-refractivity contribution is 7.92. The van der Waals surface area contributed by atoms with Gasteiger partial charge in [-0.1, -0.05) is 36.6 Å². The Morgan fingerprint density at radius 2 is 1.54 bits per heavy atom. The van der Waals surface area contributed by atoms with Crippen LogP contribution >= 0.6 is 11.6 Å². The van der Waals surface area contributed by atoms with Crippen LogP contribution in [0.4, 0.5) is 5.69 Å². The van der Waals surface area contributed by atoms with Crippen LogP contribution in [0.25, 0.3) is 0 Å². The molecule has 1 aliphatic rings. The third kappa shape index (κ3) is 4.37. The van der Waals surface area contributed by atoms with E-state index in [-0.39, 0.29) is 10.8 Å². The second kappa shape index (κ2) is 8.10. The Hall–Kier alpha value is -2.05. The fourth-order valence-electron chi connectivity index (χ4n) is 2.98. The van der Waals surface area contributed by atoms with Crippen LogP contribution < -0.4 is 4.72 Å². The van der Waals surface area contributed by atoms with Gasteiger partial charge in [-0.05, 0) is 49.2 Å². The van der Waals surface area contributed by atoms with Gasteiger partial charge in [-0.25, -0.2) is 8.42 Å². The number of carbonyl (C=O) groups is 1. The first-order valence-electron chi connectivity index (χ1n) is 8.64. The molecule has 2 aromatic carbocycles. The molecular formula is C19H21ClN2O3S. The van der Waals surface area contributed by atoms with Crippen molar-refractivity contribution >= 4 is 33.2 Å². The molecule has 1 aliphatic heterocycles. The molecule has 0 aromatic heterocycles. The van der Waals surface area contributed by atoms with Gasteiger partial charge < -0.3 is 4.90 Å². The summed E-state index contributed by atoms with van der Waals surface area (Å²) in [5.74, 6) is -0.0464. The van der Waals surface area contributed by atoms with Crippen LogP contribution in [0.3, 0.4) is 0 Å². The smallest absolute Gasteiger partial charge is 0.261 e. The second-order valence-electron chi connectivity index (χ2n) is 6.32. The molecule has 1 fully saturated rings. The van der Waals surface area contributed by atoms with Crippen LogP contribution in [0, 0.1) is 0 Å². The van der Waals surface area contributed by atoms with Gasteiger partial charge in [0.1, 0.15) is 0 Å². The minimum atomic E-state index is -3.77. The number of sulfonamides is 1. The van der Waals surface area contributed by atoms with E-state index in [0.717, 1.165) is 38.8 Å². The average Bonchev–Trinajstić information content (AvgIpc) is 2.92. The summed E-state index contributed by atoms with van der Waals surface area (Å²) in [4.78, 5) is 14.5. The maximum Gasteiger partial charge on any atom is 0.261 e. The predicted molar refractivity (Wildman–Crippen MR) is 103 cm³/mol. The number of carbonyl (C=O) groups excluding carboxylic acids is 1. The van der Waals surface area contributed by atoms with E-state index in [2.05, 4.69) is 4.72 Å². The van der Waals surface area contributed by atoms with Gasteiger partial charge in [0.15, 0.2) is 0 Å². The van der Waals surface area contributed by atoms with Crippen molar-refractivity contribution in [3.05, 3.63) is 59.1 Å². The molecule has 3 rings (SSSR count). The summed E-state index contributed by atoms with van der Waals surface area (Å²) >= 11 is 6.01. The molecule has 26 heavy (non-hydrogen) atoms. The van der Waals surface area contributed by atoms with Gasteiger partial charge in [-0.3, -0.25) is 9.52 Å². The van der Waals surface area contributed by atoms with E-state index in [1.807, 2.05) is 4.90 Å². The number of halogens is 1. The molecule has 0 atom stereocenters. The number of likely N-dealkylation sites (tertiary alicyclic amines) is 1. The van der Waals surface area contributed by atoms with Gasteiger partial charge in [-0.2, -0.15) is 0 Å². The molecule has 0 saturated carbocycles. The molecule has 0 aliphatic carbocycles. The first-order chi connectivity index (χ1) is 12.5. The lowest BCUT2D eigenvalue weighted by atomic mass is 10.2. The van der Waals surface area contributed by atoms with Crippen molar-refractivity contribution in [1.29, 1.82) is 0 Å². The molecule has 5 nitrogen and oxygen atoms in total. The van der Waals surface area contributed by atoms with Gasteiger partial charge in [0, 0.05) is 18.7 Å². The maximum absolute atomic E-state index is 12.6. The zero-order chi connectivity index (χ0) is 18.6. The molecule has 1 N–H and O–H groups in total. The summed E-state index contributed by atoms with van der Waals surface area (Å²) in [7, 11) is -3.77. The Bertz CT molecular complexity index is 874. The summed E-state index contributed by atoms with van der Waals surface area (Å²) in [6.07, 6.45) is 4.32. The summed E-state index contributed by atoms with van der Waals surface area (Å²) in [6, 6.07) is 12.7. The number of nitrogens with one attached hydrogen (secondary N) is 1. The van der Waals surface area contributed by atoms with Gasteiger partial charge in [0.25, 0.3) is 15.9 Å². The normalized spacial score (nSPS) is 15.3. The zero-order valence-corrected chi connectivity index (χ0v) is 15.9. The van der Waals surface area contributed by atoms with Crippen LogP contribution in [-0.2, 0) is 10.0 Å². The van der Waals surface area contributed by atoms with Gasteiger partial charge in [0.2, 0.25) is 0 Å². The number of amides is 1. The molecule has 138 valence electrons. The molecule has 7 heteroatoms. The lowest BCUT2D eigenvalue weighted by molar-refractivity contribution is 0.0761. The van der Waals surface area contributed by atoms with Crippen molar-refractivity contribution in [3.8, 4) is 0 Å². The van der Waals surface area contributed by atoms with E-state index in [1.165, 1.54) is 12.1 Å². The fourth-order valence-corrected chi connectivity index (χ4v) is 4.30. The number of anilines is 1. The fraction of sp³-hybridized carbons (Fsp3) is 0.316. The number of rotatable bonds is 4. The van der Waals surface area contributed by atoms with Crippen LogP contribution in [0.2, 0.25) is 5.02 Å². The summed E-state index contributed by atoms with van der Waals surface area (Å²) in [6.45, 7) is 1.51. The Balaban J connectivity index is 1.76. The third-order valence-electron chi connectivity index (χ3n) is 4.42. The first kappa shape index (κ1) is 18.7. The Morgan fingerprint density at radius 1 is 0.923 bits per heavy atom. The van der Waals surface area contributed by atoms with Crippen molar-refractivity contribution in [1.82, 2.24) is 4.90 Å². The molecule has 2 aromatic rings. The second-order valence-corrected chi connectivity index (χ2v) is 8.41. The largest absolute Gasteiger partial charge is 0.339 e. The lowest BCUT2D eigenvalue weighted by Crippen LogP contribution is -2.31. The first-order valence-corrected chi connectivity index (χ1v) is 10.5. The standard InChI is InChI=1S/C19H21ClN2O3S/c20-17-7-3-4-8-18(17)21-26(24,25)16-11-9-15(10-12-16)19(23)22-13-5-1-2-6-14-22/h3-4,7-12,21H,1-2,5-6,13-14H2. The Kier molecular flexibility index (Phi) is 5.84. The summed E-state index contributed by atoms with van der Waals surface area (Å²) in [5.41, 5.74) is 0.822. The van der Waals surface area contributed by atoms with E-state index in [1.54, 1.807) is 36.4 Å². The van der Waals surface area contributed by atoms with Crippen LogP contribution in [0.5, 0.6) is 0 Å². The van der Waals surface area contributed by atoms with Gasteiger partial charge in [0.05, 0.1) is 15.6 Å². The highest BCUT2D eigenvalue weighted by Gasteiger charge is 2.19. The molecule has 0 radical (unpaired) electrons. The number of hydrogen-bond acceptors (Lipinski definition) is 3. The zero-order valence-electron chi connectivity index (χ0n) is 14.3. The topological polar surface area (TPSA) is 66.5 Å². The highest BCUT2D eigenvalue weighted by Crippen LogP contribution is 2.24. The molecule has 1 saturated heterocycles. The van der Waals surface area contributed by atoms with E-state index in [9.17, 15) is 13.2 Å². The average molecular weight is 393 g/mol. The van der Waals surface area contributed by atoms with Crippen molar-refractivity contribution in [2.75, 3.05) is 17.8 Å². The molecule has 0 bridgehead atoms. The molecule has 1 heterocycles. The number of nitrogens with zero attached hydrogens (tertiary/aromatic N) is 1. The number of para-hydroxylation sites is 1. The molecule has 0 unspecified atom stereocenters. The summed E-state index contributed by atoms with van der Waals surface area (Å²) in [5, 5.41) is 0.323. The van der Waals surface area contributed by atoms with Gasteiger partial charge >= 0.3 is 0 Å². The highest BCUT2D eigenvalue weighted by atomic mass is 35.5. The van der Waals surface area contributed by atoms with E-state index in [0.29, 0.717) is 16.3 Å². The minimum absolute atomic E-state index is 0.0464. The number of hydrogen-bond donors (Lipinski definition) is 1. The Labute approximate surface area is 159 Å². The van der Waals surface area contributed by atoms with Crippen molar-refractivity contribution < 1.29 is 13.2 Å². The van der Waals surface area contributed by atoms with E-state index < -0.39 is 10.0 Å². The van der Waals surface area contributed by atoms with Gasteiger partial charge in [-0.15, -0.1) is 0 Å². The molecular weight excluding hydrogens is 372 g/mol. The maximum atomic E-state index is 12.6. The summed E-state index contributed by atoms with van der Waals surface area (Å²) < 4.78 is 27.5. The molecule has 0 spiro atoms. The SMILES string of the molecule is O=C(c1ccc(S(=O)(=O)Nc2ccccc2Cl)cc1)N1CCCCCC1. The molecule has 1 amide bonds. The minimum Gasteiger partial charge on any atom is -0.339 e. The van der Waals surface area contributed by atoms with Crippen LogP contribution in [0.1, 0.15) is 36.0 Å². The predicted octanol–water partition coefficient (Wildman–Crippen LogP) is 4.16. The van der Waals surface area contributed by atoms with Crippen molar-refractivity contribution in [2.24, 2.45) is 0 Å².